The lowest BCUT2D eigenvalue weighted by Gasteiger charge is -2.08. The molecule has 1 aromatic carbocycles. The largest absolute Gasteiger partial charge is 0.382 e. The van der Waals surface area contributed by atoms with Gasteiger partial charge in [-0.15, -0.1) is 10.2 Å². The predicted octanol–water partition coefficient (Wildman–Crippen LogP) is 2.51. The van der Waals surface area contributed by atoms with E-state index >= 15 is 0 Å². The van der Waals surface area contributed by atoms with Crippen LogP contribution in [0.4, 0.5) is 11.6 Å². The van der Waals surface area contributed by atoms with Crippen LogP contribution >= 0.6 is 11.6 Å². The van der Waals surface area contributed by atoms with E-state index in [9.17, 15) is 0 Å². The molecule has 0 aliphatic carbocycles. The van der Waals surface area contributed by atoms with E-state index in [2.05, 4.69) is 15.2 Å². The van der Waals surface area contributed by atoms with Crippen molar-refractivity contribution in [1.29, 1.82) is 0 Å². The van der Waals surface area contributed by atoms with Gasteiger partial charge < -0.3 is 11.5 Å². The van der Waals surface area contributed by atoms with Crippen molar-refractivity contribution in [3.63, 3.8) is 0 Å². The van der Waals surface area contributed by atoms with E-state index in [1.54, 1.807) is 12.3 Å². The lowest BCUT2D eigenvalue weighted by molar-refractivity contribution is 1.05. The Kier molecular flexibility index (Phi) is 2.68. The van der Waals surface area contributed by atoms with Gasteiger partial charge in [0.2, 0.25) is 0 Å². The summed E-state index contributed by atoms with van der Waals surface area (Å²) in [7, 11) is 0. The molecular weight excluding hydrogens is 262 g/mol. The highest BCUT2D eigenvalue weighted by Crippen LogP contribution is 2.31. The Hall–Kier alpha value is -2.40. The summed E-state index contributed by atoms with van der Waals surface area (Å²) in [5.74, 6) is 0.583. The SMILES string of the molecule is Nc1cc(-c2nccc3ccc(Cl)cc23)c(N)nn1. The minimum Gasteiger partial charge on any atom is -0.382 e. The number of halogens is 1. The Morgan fingerprint density at radius 2 is 1.84 bits per heavy atom. The molecule has 0 aliphatic rings. The molecule has 0 aliphatic heterocycles. The van der Waals surface area contributed by atoms with Gasteiger partial charge >= 0.3 is 0 Å². The minimum absolute atomic E-state index is 0.286. The average molecular weight is 272 g/mol. The fourth-order valence-electron chi connectivity index (χ4n) is 1.96. The van der Waals surface area contributed by atoms with Gasteiger partial charge in [0.25, 0.3) is 0 Å². The molecule has 0 radical (unpaired) electrons. The van der Waals surface area contributed by atoms with Gasteiger partial charge in [-0.3, -0.25) is 4.98 Å². The second-order valence-corrected chi connectivity index (χ2v) is 4.53. The van der Waals surface area contributed by atoms with Crippen LogP contribution in [0.1, 0.15) is 0 Å². The zero-order chi connectivity index (χ0) is 13.4. The highest BCUT2D eigenvalue weighted by Gasteiger charge is 2.11. The first-order valence-electron chi connectivity index (χ1n) is 5.58. The van der Waals surface area contributed by atoms with Gasteiger partial charge in [-0.1, -0.05) is 17.7 Å². The Morgan fingerprint density at radius 3 is 2.68 bits per heavy atom. The molecule has 2 aromatic heterocycles. The zero-order valence-electron chi connectivity index (χ0n) is 9.84. The lowest BCUT2D eigenvalue weighted by atomic mass is 10.0. The molecule has 0 unspecified atom stereocenters. The number of aromatic nitrogens is 3. The topological polar surface area (TPSA) is 90.7 Å². The Balaban J connectivity index is 2.36. The first kappa shape index (κ1) is 11.7. The molecule has 19 heavy (non-hydrogen) atoms. The summed E-state index contributed by atoms with van der Waals surface area (Å²) in [6, 6.07) is 9.16. The van der Waals surface area contributed by atoms with Crippen LogP contribution in [0.25, 0.3) is 22.0 Å². The first-order chi connectivity index (χ1) is 9.15. The number of fused-ring (bicyclic) bond motifs is 1. The molecular formula is C13H10ClN5. The van der Waals surface area contributed by atoms with Crippen LogP contribution in [0, 0.1) is 0 Å². The van der Waals surface area contributed by atoms with Gasteiger partial charge in [0.1, 0.15) is 5.82 Å². The number of pyridine rings is 1. The summed E-state index contributed by atoms with van der Waals surface area (Å²) in [6.07, 6.45) is 1.71. The van der Waals surface area contributed by atoms with Crippen molar-refractivity contribution in [2.45, 2.75) is 0 Å². The molecule has 0 amide bonds. The standard InChI is InChI=1S/C13H10ClN5/c14-8-2-1-7-3-4-17-12(9(7)5-8)10-6-11(15)18-19-13(10)16/h1-6H,(H2,15,18)(H2,16,19). The van der Waals surface area contributed by atoms with Gasteiger partial charge in [-0.2, -0.15) is 0 Å². The summed E-state index contributed by atoms with van der Waals surface area (Å²) in [4.78, 5) is 4.36. The summed E-state index contributed by atoms with van der Waals surface area (Å²) in [5, 5.41) is 10.1. The van der Waals surface area contributed by atoms with Crippen LogP contribution in [0.3, 0.4) is 0 Å². The number of anilines is 2. The van der Waals surface area contributed by atoms with Gasteiger partial charge in [0.05, 0.1) is 5.69 Å². The number of nitrogen functional groups attached to an aromatic ring is 2. The smallest absolute Gasteiger partial charge is 0.155 e. The van der Waals surface area contributed by atoms with E-state index < -0.39 is 0 Å². The molecule has 0 spiro atoms. The van der Waals surface area contributed by atoms with Crippen molar-refractivity contribution in [3.05, 3.63) is 41.6 Å². The van der Waals surface area contributed by atoms with Crippen LogP contribution in [0.5, 0.6) is 0 Å². The van der Waals surface area contributed by atoms with Crippen molar-refractivity contribution >= 4 is 34.0 Å². The molecule has 3 aromatic rings. The number of benzene rings is 1. The Labute approximate surface area is 114 Å². The number of nitrogens with two attached hydrogens (primary N) is 2. The first-order valence-corrected chi connectivity index (χ1v) is 5.96. The molecule has 0 saturated carbocycles. The fraction of sp³-hybridized carbons (Fsp3) is 0. The molecule has 5 nitrogen and oxygen atoms in total. The van der Waals surface area contributed by atoms with E-state index in [4.69, 9.17) is 23.1 Å². The summed E-state index contributed by atoms with van der Waals surface area (Å²) in [6.45, 7) is 0. The maximum Gasteiger partial charge on any atom is 0.155 e. The molecule has 3 rings (SSSR count). The van der Waals surface area contributed by atoms with E-state index in [1.807, 2.05) is 24.3 Å². The average Bonchev–Trinajstić information content (AvgIpc) is 2.41. The minimum atomic E-state index is 0.286. The molecule has 0 atom stereocenters. The Bertz CT molecular complexity index is 772. The normalized spacial score (nSPS) is 10.8. The zero-order valence-corrected chi connectivity index (χ0v) is 10.6. The molecule has 6 heteroatoms. The van der Waals surface area contributed by atoms with Crippen LogP contribution in [0.2, 0.25) is 5.02 Å². The molecule has 4 N–H and O–H groups in total. The van der Waals surface area contributed by atoms with Gasteiger partial charge in [0.15, 0.2) is 5.82 Å². The third-order valence-corrected chi connectivity index (χ3v) is 3.06. The molecule has 2 heterocycles. The lowest BCUT2D eigenvalue weighted by Crippen LogP contribution is -2.01. The number of nitrogens with zero attached hydrogens (tertiary/aromatic N) is 3. The third kappa shape index (κ3) is 2.04. The number of hydrogen-bond acceptors (Lipinski definition) is 5. The highest BCUT2D eigenvalue weighted by atomic mass is 35.5. The summed E-state index contributed by atoms with van der Waals surface area (Å²) in [5.41, 5.74) is 12.9. The van der Waals surface area contributed by atoms with E-state index in [-0.39, 0.29) is 5.82 Å². The molecule has 0 fully saturated rings. The van der Waals surface area contributed by atoms with Crippen LogP contribution in [-0.2, 0) is 0 Å². The van der Waals surface area contributed by atoms with Crippen LogP contribution in [0.15, 0.2) is 36.5 Å². The van der Waals surface area contributed by atoms with E-state index in [0.717, 1.165) is 10.8 Å². The van der Waals surface area contributed by atoms with Crippen LogP contribution in [-0.4, -0.2) is 15.2 Å². The second-order valence-electron chi connectivity index (χ2n) is 4.09. The van der Waals surface area contributed by atoms with Crippen LogP contribution < -0.4 is 11.5 Å². The summed E-state index contributed by atoms with van der Waals surface area (Å²) < 4.78 is 0. The second kappa shape index (κ2) is 4.37. The number of rotatable bonds is 1. The maximum atomic E-state index is 6.04. The van der Waals surface area contributed by atoms with E-state index in [1.165, 1.54) is 0 Å². The van der Waals surface area contributed by atoms with Gasteiger partial charge in [0, 0.05) is 22.2 Å². The molecule has 0 saturated heterocycles. The Morgan fingerprint density at radius 1 is 1.00 bits per heavy atom. The summed E-state index contributed by atoms with van der Waals surface area (Å²) >= 11 is 6.04. The monoisotopic (exact) mass is 271 g/mol. The highest BCUT2D eigenvalue weighted by molar-refractivity contribution is 6.31. The van der Waals surface area contributed by atoms with Crippen molar-refractivity contribution in [2.24, 2.45) is 0 Å². The van der Waals surface area contributed by atoms with Gasteiger partial charge in [-0.25, -0.2) is 0 Å². The van der Waals surface area contributed by atoms with Crippen molar-refractivity contribution < 1.29 is 0 Å². The molecule has 0 bridgehead atoms. The molecule has 94 valence electrons. The third-order valence-electron chi connectivity index (χ3n) is 2.82. The predicted molar refractivity (Wildman–Crippen MR) is 76.6 cm³/mol. The number of hydrogen-bond donors (Lipinski definition) is 2. The maximum absolute atomic E-state index is 6.04. The van der Waals surface area contributed by atoms with Crippen molar-refractivity contribution in [2.75, 3.05) is 11.5 Å². The van der Waals surface area contributed by atoms with E-state index in [0.29, 0.717) is 22.1 Å². The fourth-order valence-corrected chi connectivity index (χ4v) is 2.13. The van der Waals surface area contributed by atoms with Gasteiger partial charge in [-0.05, 0) is 29.7 Å². The van der Waals surface area contributed by atoms with Crippen molar-refractivity contribution in [1.82, 2.24) is 15.2 Å². The van der Waals surface area contributed by atoms with Crippen molar-refractivity contribution in [3.8, 4) is 11.3 Å². The quantitative estimate of drug-likeness (QED) is 0.710.